The lowest BCUT2D eigenvalue weighted by Crippen LogP contribution is -1.96. The van der Waals surface area contributed by atoms with Gasteiger partial charge in [0.05, 0.1) is 11.6 Å². The second-order valence-corrected chi connectivity index (χ2v) is 6.20. The highest BCUT2D eigenvalue weighted by molar-refractivity contribution is 9.10. The Balaban J connectivity index is 2.27. The van der Waals surface area contributed by atoms with Crippen molar-refractivity contribution in [2.45, 2.75) is 6.92 Å². The first kappa shape index (κ1) is 17.1. The third-order valence-corrected chi connectivity index (χ3v) is 3.92. The third kappa shape index (κ3) is 4.35. The number of carbonyl (C=O) groups excluding carboxylic acids is 1. The normalized spacial score (nSPS) is 10.9. The molecule has 2 aromatic carbocycles. The number of ketones is 1. The lowest BCUT2D eigenvalue weighted by atomic mass is 10.1. The van der Waals surface area contributed by atoms with E-state index in [1.807, 2.05) is 25.1 Å². The monoisotopic (exact) mass is 398 g/mol. The Morgan fingerprint density at radius 1 is 1.23 bits per heavy atom. The zero-order valence-corrected chi connectivity index (χ0v) is 14.9. The van der Waals surface area contributed by atoms with E-state index in [0.717, 1.165) is 15.8 Å². The molecule has 0 saturated carbocycles. The number of rotatable bonds is 5. The summed E-state index contributed by atoms with van der Waals surface area (Å²) in [5.74, 6) is 0.529. The fourth-order valence-corrected chi connectivity index (χ4v) is 2.76. The smallest absolute Gasteiger partial charge is 0.187 e. The predicted molar refractivity (Wildman–Crippen MR) is 95.1 cm³/mol. The molecule has 5 heteroatoms. The van der Waals surface area contributed by atoms with Crippen LogP contribution in [0.2, 0.25) is 10.0 Å². The highest BCUT2D eigenvalue weighted by atomic mass is 79.9. The van der Waals surface area contributed by atoms with Crippen molar-refractivity contribution < 1.29 is 9.53 Å². The second-order valence-electron chi connectivity index (χ2n) is 4.44. The Labute approximate surface area is 147 Å². The van der Waals surface area contributed by atoms with E-state index >= 15 is 0 Å². The molecular weight excluding hydrogens is 387 g/mol. The van der Waals surface area contributed by atoms with Gasteiger partial charge in [-0.25, -0.2) is 0 Å². The van der Waals surface area contributed by atoms with E-state index < -0.39 is 0 Å². The largest absolute Gasteiger partial charge is 0.493 e. The summed E-state index contributed by atoms with van der Waals surface area (Å²) in [4.78, 5) is 12.2. The van der Waals surface area contributed by atoms with Gasteiger partial charge >= 0.3 is 0 Å². The van der Waals surface area contributed by atoms with Gasteiger partial charge in [-0.1, -0.05) is 39.1 Å². The minimum Gasteiger partial charge on any atom is -0.493 e. The highest BCUT2D eigenvalue weighted by Crippen LogP contribution is 2.26. The molecule has 0 fully saturated rings. The summed E-state index contributed by atoms with van der Waals surface area (Å²) in [6, 6.07) is 10.4. The molecule has 114 valence electrons. The highest BCUT2D eigenvalue weighted by Gasteiger charge is 2.08. The van der Waals surface area contributed by atoms with E-state index in [0.29, 0.717) is 22.2 Å². The first-order valence-corrected chi connectivity index (χ1v) is 8.16. The van der Waals surface area contributed by atoms with Gasteiger partial charge in [0.15, 0.2) is 5.78 Å². The number of halogens is 3. The lowest BCUT2D eigenvalue weighted by molar-refractivity contribution is 0.104. The molecule has 0 heterocycles. The number of carbonyl (C=O) groups is 1. The van der Waals surface area contributed by atoms with Gasteiger partial charge < -0.3 is 4.74 Å². The zero-order valence-electron chi connectivity index (χ0n) is 11.8. The molecule has 2 nitrogen and oxygen atoms in total. The van der Waals surface area contributed by atoms with Crippen molar-refractivity contribution in [3.63, 3.8) is 0 Å². The maximum absolute atomic E-state index is 12.2. The average Bonchev–Trinajstić information content (AvgIpc) is 2.47. The van der Waals surface area contributed by atoms with Gasteiger partial charge in [-0.2, -0.15) is 0 Å². The molecule has 2 aromatic rings. The van der Waals surface area contributed by atoms with Crippen LogP contribution >= 0.6 is 39.1 Å². The van der Waals surface area contributed by atoms with Crippen molar-refractivity contribution in [1.29, 1.82) is 0 Å². The summed E-state index contributed by atoms with van der Waals surface area (Å²) < 4.78 is 6.45. The van der Waals surface area contributed by atoms with Crippen LogP contribution in [0.15, 0.2) is 46.9 Å². The maximum atomic E-state index is 12.2. The molecule has 0 bridgehead atoms. The van der Waals surface area contributed by atoms with Crippen LogP contribution < -0.4 is 4.74 Å². The molecule has 0 unspecified atom stereocenters. The quantitative estimate of drug-likeness (QED) is 0.451. The molecular formula is C17H13BrCl2O2. The van der Waals surface area contributed by atoms with E-state index in [1.165, 1.54) is 6.08 Å². The number of allylic oxidation sites excluding steroid dienone is 1. The second kappa shape index (κ2) is 7.82. The molecule has 0 aliphatic carbocycles. The Kier molecular flexibility index (Phi) is 6.07. The van der Waals surface area contributed by atoms with Crippen molar-refractivity contribution in [2.75, 3.05) is 6.61 Å². The molecule has 0 atom stereocenters. The standard InChI is InChI=1S/C17H13BrCl2O2/c1-2-22-17-8-4-12(18)9-11(17)3-7-16(21)14-6-5-13(19)10-15(14)20/h3-10H,2H2,1H3/b7-3+. The van der Waals surface area contributed by atoms with Gasteiger partial charge in [-0.15, -0.1) is 0 Å². The number of hydrogen-bond acceptors (Lipinski definition) is 2. The first-order chi connectivity index (χ1) is 10.5. The Bertz CT molecular complexity index is 727. The van der Waals surface area contributed by atoms with E-state index in [2.05, 4.69) is 15.9 Å². The Morgan fingerprint density at radius 3 is 2.68 bits per heavy atom. The third-order valence-electron chi connectivity index (χ3n) is 2.88. The maximum Gasteiger partial charge on any atom is 0.187 e. The van der Waals surface area contributed by atoms with Crippen LogP contribution in [0, 0.1) is 0 Å². The summed E-state index contributed by atoms with van der Waals surface area (Å²) in [5.41, 5.74) is 1.23. The topological polar surface area (TPSA) is 26.3 Å². The van der Waals surface area contributed by atoms with Crippen LogP contribution in [0.25, 0.3) is 6.08 Å². The molecule has 0 spiro atoms. The molecule has 22 heavy (non-hydrogen) atoms. The van der Waals surface area contributed by atoms with Gasteiger partial charge in [-0.3, -0.25) is 4.79 Å². The van der Waals surface area contributed by atoms with E-state index in [4.69, 9.17) is 27.9 Å². The Hall–Kier alpha value is -1.29. The molecule has 0 saturated heterocycles. The van der Waals surface area contributed by atoms with Crippen molar-refractivity contribution >= 4 is 51.0 Å². The zero-order chi connectivity index (χ0) is 16.1. The SMILES string of the molecule is CCOc1ccc(Br)cc1/C=C/C(=O)c1ccc(Cl)cc1Cl. The van der Waals surface area contributed by atoms with Gasteiger partial charge in [0.2, 0.25) is 0 Å². The van der Waals surface area contributed by atoms with Gasteiger partial charge in [-0.05, 0) is 55.5 Å². The minimum atomic E-state index is -0.191. The van der Waals surface area contributed by atoms with Crippen LogP contribution in [-0.4, -0.2) is 12.4 Å². The molecule has 0 aliphatic rings. The minimum absolute atomic E-state index is 0.191. The van der Waals surface area contributed by atoms with Crippen molar-refractivity contribution in [1.82, 2.24) is 0 Å². The number of benzene rings is 2. The molecule has 0 aromatic heterocycles. The van der Waals surface area contributed by atoms with E-state index in [1.54, 1.807) is 24.3 Å². The molecule has 0 aliphatic heterocycles. The molecule has 2 rings (SSSR count). The van der Waals surface area contributed by atoms with Crippen molar-refractivity contribution in [2.24, 2.45) is 0 Å². The van der Waals surface area contributed by atoms with Crippen LogP contribution in [-0.2, 0) is 0 Å². The van der Waals surface area contributed by atoms with E-state index in [9.17, 15) is 4.79 Å². The molecule has 0 radical (unpaired) electrons. The summed E-state index contributed by atoms with van der Waals surface area (Å²) >= 11 is 15.3. The summed E-state index contributed by atoms with van der Waals surface area (Å²) in [6.45, 7) is 2.47. The van der Waals surface area contributed by atoms with Gasteiger partial charge in [0, 0.05) is 20.6 Å². The summed E-state index contributed by atoms with van der Waals surface area (Å²) in [5, 5.41) is 0.831. The number of hydrogen-bond donors (Lipinski definition) is 0. The fraction of sp³-hybridized carbons (Fsp3) is 0.118. The van der Waals surface area contributed by atoms with Crippen molar-refractivity contribution in [3.05, 3.63) is 68.1 Å². The Morgan fingerprint density at radius 2 is 2.00 bits per heavy atom. The van der Waals surface area contributed by atoms with E-state index in [-0.39, 0.29) is 5.78 Å². The molecule has 0 amide bonds. The van der Waals surface area contributed by atoms with Crippen LogP contribution in [0.4, 0.5) is 0 Å². The fourth-order valence-electron chi connectivity index (χ4n) is 1.88. The number of ether oxygens (including phenoxy) is 1. The summed E-state index contributed by atoms with van der Waals surface area (Å²) in [7, 11) is 0. The van der Waals surface area contributed by atoms with Gasteiger partial charge in [0.1, 0.15) is 5.75 Å². The molecule has 0 N–H and O–H groups in total. The van der Waals surface area contributed by atoms with Crippen LogP contribution in [0.3, 0.4) is 0 Å². The van der Waals surface area contributed by atoms with Gasteiger partial charge in [0.25, 0.3) is 0 Å². The predicted octanol–water partition coefficient (Wildman–Crippen LogP) is 6.05. The van der Waals surface area contributed by atoms with Crippen LogP contribution in [0.1, 0.15) is 22.8 Å². The average molecular weight is 400 g/mol. The first-order valence-electron chi connectivity index (χ1n) is 6.61. The van der Waals surface area contributed by atoms with Crippen molar-refractivity contribution in [3.8, 4) is 5.75 Å². The van der Waals surface area contributed by atoms with Crippen LogP contribution in [0.5, 0.6) is 5.75 Å². The summed E-state index contributed by atoms with van der Waals surface area (Å²) in [6.07, 6.45) is 3.18. The lowest BCUT2D eigenvalue weighted by Gasteiger charge is -2.07.